The summed E-state index contributed by atoms with van der Waals surface area (Å²) in [4.78, 5) is 0. The van der Waals surface area contributed by atoms with E-state index in [4.69, 9.17) is 0 Å². The molecule has 0 saturated heterocycles. The second kappa shape index (κ2) is 13.0. The van der Waals surface area contributed by atoms with E-state index in [1.807, 2.05) is 36.4 Å². The van der Waals surface area contributed by atoms with Crippen molar-refractivity contribution in [3.63, 3.8) is 0 Å². The minimum atomic E-state index is -2.94. The highest BCUT2D eigenvalue weighted by molar-refractivity contribution is 7.16. The van der Waals surface area contributed by atoms with Gasteiger partial charge >= 0.3 is 0 Å². The number of allylic oxidation sites excluding steroid dienone is 4. The zero-order valence-corrected chi connectivity index (χ0v) is 29.1. The van der Waals surface area contributed by atoms with Crippen LogP contribution in [0.15, 0.2) is 168 Å². The van der Waals surface area contributed by atoms with Crippen LogP contribution in [0.5, 0.6) is 0 Å². The molecule has 4 heteroatoms. The van der Waals surface area contributed by atoms with Gasteiger partial charge in [0.2, 0.25) is 0 Å². The summed E-state index contributed by atoms with van der Waals surface area (Å²) < 4.78 is 41.3. The van der Waals surface area contributed by atoms with Gasteiger partial charge in [0, 0.05) is 0 Å². The summed E-state index contributed by atoms with van der Waals surface area (Å²) in [6, 6.07) is 46.5. The van der Waals surface area contributed by atoms with E-state index in [-0.39, 0.29) is 23.4 Å². The first-order valence-electron chi connectivity index (χ1n) is 16.6. The Morgan fingerprint density at radius 1 is 0.367 bits per heavy atom. The molecular weight excluding hydrogens is 626 g/mol. The lowest BCUT2D eigenvalue weighted by Gasteiger charge is -2.39. The summed E-state index contributed by atoms with van der Waals surface area (Å²) >= 11 is 0. The molecular formula is C45H37F3Si. The van der Waals surface area contributed by atoms with Gasteiger partial charge in [-0.2, -0.15) is 0 Å². The number of benzene rings is 6. The van der Waals surface area contributed by atoms with Crippen molar-refractivity contribution in [1.29, 1.82) is 0 Å². The van der Waals surface area contributed by atoms with E-state index in [1.54, 1.807) is 0 Å². The van der Waals surface area contributed by atoms with Crippen molar-refractivity contribution >= 4 is 23.6 Å². The predicted octanol–water partition coefficient (Wildman–Crippen LogP) is 10.4. The van der Waals surface area contributed by atoms with Crippen LogP contribution in [0.2, 0.25) is 0 Å². The molecule has 0 saturated carbocycles. The third kappa shape index (κ3) is 5.81. The van der Waals surface area contributed by atoms with Crippen LogP contribution in [-0.4, -0.2) is 8.07 Å². The van der Waals surface area contributed by atoms with Crippen LogP contribution in [-0.2, 0) is 0 Å². The molecule has 242 valence electrons. The lowest BCUT2D eigenvalue weighted by atomic mass is 10.1. The quantitative estimate of drug-likeness (QED) is 0.118. The van der Waals surface area contributed by atoms with Crippen LogP contribution >= 0.6 is 0 Å². The Morgan fingerprint density at radius 3 is 0.837 bits per heavy atom. The molecule has 1 aliphatic carbocycles. The second-order valence-corrected chi connectivity index (χ2v) is 16.8. The van der Waals surface area contributed by atoms with Crippen molar-refractivity contribution in [2.45, 2.75) is 27.7 Å². The molecule has 0 radical (unpaired) electrons. The molecule has 0 heterocycles. The van der Waals surface area contributed by atoms with Gasteiger partial charge in [-0.1, -0.05) is 132 Å². The minimum Gasteiger partial charge on any atom is -0.207 e. The molecule has 0 N–H and O–H groups in total. The van der Waals surface area contributed by atoms with Crippen LogP contribution in [0.3, 0.4) is 0 Å². The van der Waals surface area contributed by atoms with Crippen LogP contribution in [0.1, 0.15) is 27.7 Å². The van der Waals surface area contributed by atoms with Crippen LogP contribution < -0.4 is 15.6 Å². The number of hydrogen-bond donors (Lipinski definition) is 0. The Balaban J connectivity index is 1.47. The summed E-state index contributed by atoms with van der Waals surface area (Å²) in [7, 11) is -2.94. The molecule has 0 aliphatic heterocycles. The molecule has 0 amide bonds. The van der Waals surface area contributed by atoms with Gasteiger partial charge in [-0.15, -0.1) is 0 Å². The highest BCUT2D eigenvalue weighted by Gasteiger charge is 2.48. The fraction of sp³-hybridized carbons (Fsp3) is 0.111. The van der Waals surface area contributed by atoms with Crippen molar-refractivity contribution in [2.24, 2.45) is 5.92 Å². The van der Waals surface area contributed by atoms with Gasteiger partial charge in [0.15, 0.2) is 8.07 Å². The van der Waals surface area contributed by atoms with Gasteiger partial charge in [-0.3, -0.25) is 0 Å². The van der Waals surface area contributed by atoms with Crippen molar-refractivity contribution in [1.82, 2.24) is 0 Å². The van der Waals surface area contributed by atoms with Gasteiger partial charge in [-0.25, -0.2) is 13.2 Å². The number of rotatable bonds is 7. The molecule has 0 fully saturated rings. The SMILES string of the molecule is CC1=C(C)C(C)C([Si](c2ccc(-c3ccc(F)cc3)cc2)(c2ccc(-c3ccc(F)cc3)cc2)c2ccc(-c3ccc(F)cc3)cc2)=C1C. The molecule has 49 heavy (non-hydrogen) atoms. The first-order valence-corrected chi connectivity index (χ1v) is 18.6. The van der Waals surface area contributed by atoms with Gasteiger partial charge in [-0.05, 0) is 118 Å². The average Bonchev–Trinajstić information content (AvgIpc) is 3.32. The lowest BCUT2D eigenvalue weighted by molar-refractivity contribution is 0.627. The summed E-state index contributed by atoms with van der Waals surface area (Å²) in [5, 5.41) is 5.23. The maximum atomic E-state index is 13.8. The molecule has 6 aromatic carbocycles. The summed E-state index contributed by atoms with van der Waals surface area (Å²) in [6.07, 6.45) is 0. The Kier molecular flexibility index (Phi) is 8.60. The topological polar surface area (TPSA) is 0 Å². The first-order chi connectivity index (χ1) is 23.7. The second-order valence-electron chi connectivity index (χ2n) is 13.1. The maximum Gasteiger partial charge on any atom is 0.176 e. The zero-order valence-electron chi connectivity index (χ0n) is 28.1. The normalized spacial score (nSPS) is 14.9. The van der Waals surface area contributed by atoms with Gasteiger partial charge in [0.1, 0.15) is 17.5 Å². The largest absolute Gasteiger partial charge is 0.207 e. The standard InChI is InChI=1S/C45H37F3Si/c1-29-30(2)32(4)45(31(29)3)49(42-23-11-36(12-24-42)33-5-17-39(46)18-6-33,43-25-13-37(14-26-43)34-7-19-40(47)20-8-34)44-27-15-38(16-28-44)35-9-21-41(48)22-10-35/h5-28,31H,1-4H3. The smallest absolute Gasteiger partial charge is 0.176 e. The summed E-state index contributed by atoms with van der Waals surface area (Å²) in [6.45, 7) is 9.09. The van der Waals surface area contributed by atoms with Gasteiger partial charge < -0.3 is 0 Å². The van der Waals surface area contributed by atoms with Crippen molar-refractivity contribution < 1.29 is 13.2 Å². The third-order valence-electron chi connectivity index (χ3n) is 10.5. The Labute approximate surface area is 287 Å². The van der Waals surface area contributed by atoms with Crippen molar-refractivity contribution in [2.75, 3.05) is 0 Å². The number of halogens is 3. The van der Waals surface area contributed by atoms with E-state index < -0.39 is 8.07 Å². The van der Waals surface area contributed by atoms with E-state index in [2.05, 4.69) is 100 Å². The van der Waals surface area contributed by atoms with E-state index in [0.717, 1.165) is 33.4 Å². The molecule has 1 unspecified atom stereocenters. The van der Waals surface area contributed by atoms with E-state index >= 15 is 0 Å². The average molecular weight is 663 g/mol. The highest BCUT2D eigenvalue weighted by atomic mass is 28.3. The van der Waals surface area contributed by atoms with Crippen LogP contribution in [0, 0.1) is 23.4 Å². The molecule has 0 nitrogen and oxygen atoms in total. The van der Waals surface area contributed by atoms with Crippen molar-refractivity contribution in [3.05, 3.63) is 185 Å². The Hall–Kier alpha value is -5.19. The van der Waals surface area contributed by atoms with Crippen LogP contribution in [0.4, 0.5) is 13.2 Å². The molecule has 6 aromatic rings. The fourth-order valence-corrected chi connectivity index (χ4v) is 13.2. The molecule has 0 spiro atoms. The highest BCUT2D eigenvalue weighted by Crippen LogP contribution is 2.41. The summed E-state index contributed by atoms with van der Waals surface area (Å²) in [5.74, 6) is -0.528. The Bertz CT molecular complexity index is 1960. The zero-order chi connectivity index (χ0) is 34.3. The first kappa shape index (κ1) is 32.4. The van der Waals surface area contributed by atoms with E-state index in [0.29, 0.717) is 0 Å². The van der Waals surface area contributed by atoms with E-state index in [9.17, 15) is 13.2 Å². The fourth-order valence-electron chi connectivity index (χ4n) is 7.60. The molecule has 0 aromatic heterocycles. The maximum absolute atomic E-state index is 13.8. The predicted molar refractivity (Wildman–Crippen MR) is 200 cm³/mol. The summed E-state index contributed by atoms with van der Waals surface area (Å²) in [5.41, 5.74) is 10.0. The number of hydrogen-bond acceptors (Lipinski definition) is 0. The lowest BCUT2D eigenvalue weighted by Crippen LogP contribution is -2.69. The molecule has 7 rings (SSSR count). The van der Waals surface area contributed by atoms with E-state index in [1.165, 1.54) is 73.9 Å². The minimum absolute atomic E-state index is 0.233. The van der Waals surface area contributed by atoms with Crippen molar-refractivity contribution in [3.8, 4) is 33.4 Å². The third-order valence-corrected chi connectivity index (χ3v) is 15.7. The monoisotopic (exact) mass is 662 g/mol. The van der Waals surface area contributed by atoms with Crippen LogP contribution in [0.25, 0.3) is 33.4 Å². The molecule has 1 atom stereocenters. The molecule has 1 aliphatic rings. The van der Waals surface area contributed by atoms with Gasteiger partial charge in [0.05, 0.1) is 0 Å². The van der Waals surface area contributed by atoms with Gasteiger partial charge in [0.25, 0.3) is 0 Å². The Morgan fingerprint density at radius 2 is 0.612 bits per heavy atom. The molecule has 0 bridgehead atoms.